The van der Waals surface area contributed by atoms with Crippen molar-refractivity contribution in [2.24, 2.45) is 5.92 Å². The van der Waals surface area contributed by atoms with Crippen LogP contribution < -0.4 is 4.90 Å². The zero-order valence-electron chi connectivity index (χ0n) is 9.61. The maximum atomic E-state index is 12.5. The smallest absolute Gasteiger partial charge is 0.371 e. The highest BCUT2D eigenvalue weighted by atomic mass is 19.4. The van der Waals surface area contributed by atoms with Gasteiger partial charge in [0.05, 0.1) is 6.07 Å². The molecular formula is C12H12F3N3. The first-order valence-corrected chi connectivity index (χ1v) is 5.68. The summed E-state index contributed by atoms with van der Waals surface area (Å²) in [6, 6.07) is 4.83. The molecule has 1 fully saturated rings. The molecule has 1 aromatic heterocycles. The summed E-state index contributed by atoms with van der Waals surface area (Å²) in [5.41, 5.74) is -0.351. The lowest BCUT2D eigenvalue weighted by molar-refractivity contribution is -0.141. The molecule has 0 spiro atoms. The van der Waals surface area contributed by atoms with Crippen LogP contribution in [-0.4, -0.2) is 18.1 Å². The van der Waals surface area contributed by atoms with E-state index in [1.807, 2.05) is 4.90 Å². The highest BCUT2D eigenvalue weighted by Gasteiger charge is 2.33. The minimum absolute atomic E-state index is 0.0187. The Morgan fingerprint density at radius 2 is 2.00 bits per heavy atom. The molecule has 96 valence electrons. The molecule has 0 aromatic carbocycles. The van der Waals surface area contributed by atoms with Crippen molar-refractivity contribution in [3.8, 4) is 6.07 Å². The molecule has 0 saturated carbocycles. The van der Waals surface area contributed by atoms with Crippen molar-refractivity contribution in [1.29, 1.82) is 5.26 Å². The summed E-state index contributed by atoms with van der Waals surface area (Å²) < 4.78 is 37.6. The summed E-state index contributed by atoms with van der Waals surface area (Å²) in [6.45, 7) is 1.22. The van der Waals surface area contributed by atoms with Crippen molar-refractivity contribution in [2.75, 3.05) is 18.0 Å². The lowest BCUT2D eigenvalue weighted by Crippen LogP contribution is -2.33. The predicted octanol–water partition coefficient (Wildman–Crippen LogP) is 2.84. The van der Waals surface area contributed by atoms with Crippen molar-refractivity contribution in [3.63, 3.8) is 0 Å². The zero-order chi connectivity index (χ0) is 13.2. The van der Waals surface area contributed by atoms with Gasteiger partial charge in [-0.25, -0.2) is 0 Å². The number of anilines is 1. The fourth-order valence-corrected chi connectivity index (χ4v) is 2.04. The first kappa shape index (κ1) is 12.7. The zero-order valence-corrected chi connectivity index (χ0v) is 9.61. The Bertz CT molecular complexity index is 456. The van der Waals surface area contributed by atoms with E-state index in [2.05, 4.69) is 11.1 Å². The van der Waals surface area contributed by atoms with Gasteiger partial charge in [0.2, 0.25) is 0 Å². The Morgan fingerprint density at radius 1 is 1.33 bits per heavy atom. The van der Waals surface area contributed by atoms with Crippen LogP contribution in [0.1, 0.15) is 18.5 Å². The molecule has 0 bridgehead atoms. The van der Waals surface area contributed by atoms with Crippen molar-refractivity contribution < 1.29 is 13.2 Å². The fraction of sp³-hybridized carbons (Fsp3) is 0.500. The third-order valence-electron chi connectivity index (χ3n) is 3.08. The summed E-state index contributed by atoms with van der Waals surface area (Å²) in [6.07, 6.45) is -1.85. The molecule has 0 aliphatic carbocycles. The molecule has 0 N–H and O–H groups in total. The molecule has 0 amide bonds. The molecule has 1 aromatic rings. The molecule has 1 saturated heterocycles. The lowest BCUT2D eigenvalue weighted by Gasteiger charge is -2.31. The number of hydrogen-bond acceptors (Lipinski definition) is 3. The van der Waals surface area contributed by atoms with Crippen LogP contribution in [0.25, 0.3) is 0 Å². The third kappa shape index (κ3) is 2.73. The predicted molar refractivity (Wildman–Crippen MR) is 59.8 cm³/mol. The molecule has 6 heteroatoms. The third-order valence-corrected chi connectivity index (χ3v) is 3.08. The van der Waals surface area contributed by atoms with Crippen molar-refractivity contribution in [2.45, 2.75) is 19.0 Å². The number of halogens is 3. The molecule has 1 aliphatic rings. The normalized spacial score (nSPS) is 17.6. The fourth-order valence-electron chi connectivity index (χ4n) is 2.04. The van der Waals surface area contributed by atoms with Gasteiger partial charge in [-0.3, -0.25) is 4.98 Å². The Labute approximate surface area is 103 Å². The van der Waals surface area contributed by atoms with Gasteiger partial charge in [0, 0.05) is 30.9 Å². The van der Waals surface area contributed by atoms with Gasteiger partial charge < -0.3 is 4.90 Å². The van der Waals surface area contributed by atoms with Crippen LogP contribution in [0.3, 0.4) is 0 Å². The van der Waals surface area contributed by atoms with E-state index >= 15 is 0 Å². The summed E-state index contributed by atoms with van der Waals surface area (Å²) in [5, 5.41) is 8.77. The van der Waals surface area contributed by atoms with E-state index in [-0.39, 0.29) is 5.92 Å². The number of nitriles is 1. The Balaban J connectivity index is 2.13. The number of pyridine rings is 1. The second kappa shape index (κ2) is 4.84. The molecular weight excluding hydrogens is 243 g/mol. The van der Waals surface area contributed by atoms with Crippen LogP contribution in [-0.2, 0) is 6.18 Å². The van der Waals surface area contributed by atoms with Gasteiger partial charge in [0.25, 0.3) is 0 Å². The maximum absolute atomic E-state index is 12.5. The largest absolute Gasteiger partial charge is 0.433 e. The first-order valence-electron chi connectivity index (χ1n) is 5.68. The van der Waals surface area contributed by atoms with Crippen molar-refractivity contribution >= 4 is 5.69 Å². The monoisotopic (exact) mass is 255 g/mol. The highest BCUT2D eigenvalue weighted by molar-refractivity contribution is 5.47. The minimum Gasteiger partial charge on any atom is -0.371 e. The number of piperidine rings is 1. The first-order chi connectivity index (χ1) is 8.50. The maximum Gasteiger partial charge on any atom is 0.433 e. The molecule has 2 heterocycles. The number of aromatic nitrogens is 1. The molecule has 3 nitrogen and oxygen atoms in total. The van der Waals surface area contributed by atoms with Crippen molar-refractivity contribution in [1.82, 2.24) is 4.98 Å². The van der Waals surface area contributed by atoms with E-state index in [0.29, 0.717) is 31.6 Å². The highest BCUT2D eigenvalue weighted by Crippen LogP contribution is 2.31. The van der Waals surface area contributed by atoms with Crippen LogP contribution in [0.2, 0.25) is 0 Å². The summed E-state index contributed by atoms with van der Waals surface area (Å²) in [7, 11) is 0. The quantitative estimate of drug-likeness (QED) is 0.774. The molecule has 2 rings (SSSR count). The van der Waals surface area contributed by atoms with E-state index < -0.39 is 11.9 Å². The average Bonchev–Trinajstić information content (AvgIpc) is 2.38. The summed E-state index contributed by atoms with van der Waals surface area (Å²) in [4.78, 5) is 5.20. The summed E-state index contributed by atoms with van der Waals surface area (Å²) >= 11 is 0. The van der Waals surface area contributed by atoms with Crippen LogP contribution in [0.4, 0.5) is 18.9 Å². The van der Waals surface area contributed by atoms with Crippen molar-refractivity contribution in [3.05, 3.63) is 24.0 Å². The molecule has 18 heavy (non-hydrogen) atoms. The molecule has 0 atom stereocenters. The Hall–Kier alpha value is -1.77. The second-order valence-corrected chi connectivity index (χ2v) is 4.29. The van der Waals surface area contributed by atoms with Crippen LogP contribution >= 0.6 is 0 Å². The van der Waals surface area contributed by atoms with Crippen LogP contribution in [0, 0.1) is 17.2 Å². The average molecular weight is 255 g/mol. The van der Waals surface area contributed by atoms with Gasteiger partial charge in [-0.15, -0.1) is 0 Å². The number of hydrogen-bond donors (Lipinski definition) is 0. The van der Waals surface area contributed by atoms with E-state index in [1.165, 1.54) is 6.20 Å². The lowest BCUT2D eigenvalue weighted by atomic mass is 9.98. The number of nitrogens with zero attached hydrogens (tertiary/aromatic N) is 3. The molecule has 1 aliphatic heterocycles. The standard InChI is InChI=1S/C12H12F3N3/c13-12(14,15)11-7-10(1-4-17-11)18-5-2-9(8-16)3-6-18/h1,4,7,9H,2-3,5-6H2. The van der Waals surface area contributed by atoms with Gasteiger partial charge in [-0.05, 0) is 25.0 Å². The van der Waals surface area contributed by atoms with E-state index in [1.54, 1.807) is 6.07 Å². The van der Waals surface area contributed by atoms with E-state index in [9.17, 15) is 13.2 Å². The molecule has 0 unspecified atom stereocenters. The van der Waals surface area contributed by atoms with Gasteiger partial charge in [-0.2, -0.15) is 18.4 Å². The Morgan fingerprint density at radius 3 is 2.56 bits per heavy atom. The van der Waals surface area contributed by atoms with Crippen LogP contribution in [0.15, 0.2) is 18.3 Å². The van der Waals surface area contributed by atoms with E-state index in [0.717, 1.165) is 6.07 Å². The number of rotatable bonds is 1. The topological polar surface area (TPSA) is 39.9 Å². The summed E-state index contributed by atoms with van der Waals surface area (Å²) in [5.74, 6) is 0.0187. The molecule has 0 radical (unpaired) electrons. The van der Waals surface area contributed by atoms with Gasteiger partial charge in [-0.1, -0.05) is 0 Å². The van der Waals surface area contributed by atoms with E-state index in [4.69, 9.17) is 5.26 Å². The van der Waals surface area contributed by atoms with Gasteiger partial charge in [0.1, 0.15) is 5.69 Å². The number of alkyl halides is 3. The second-order valence-electron chi connectivity index (χ2n) is 4.29. The SMILES string of the molecule is N#CC1CCN(c2ccnc(C(F)(F)F)c2)CC1. The van der Waals surface area contributed by atoms with Crippen LogP contribution in [0.5, 0.6) is 0 Å². The van der Waals surface area contributed by atoms with Gasteiger partial charge in [0.15, 0.2) is 0 Å². The van der Waals surface area contributed by atoms with Gasteiger partial charge >= 0.3 is 6.18 Å². The minimum atomic E-state index is -4.42. The Kier molecular flexibility index (Phi) is 3.41.